The fourth-order valence-electron chi connectivity index (χ4n) is 2.27. The van der Waals surface area contributed by atoms with Crippen molar-refractivity contribution in [2.45, 2.75) is 38.3 Å². The first-order valence-corrected chi connectivity index (χ1v) is 8.33. The number of carboxylic acid groups (broad SMARTS) is 1. The fraction of sp³-hybridized carbons (Fsp3) is 0.500. The van der Waals surface area contributed by atoms with Gasteiger partial charge in [-0.15, -0.1) is 0 Å². The number of aliphatic carboxylic acids is 1. The minimum Gasteiger partial charge on any atom is -0.486 e. The molecule has 0 bridgehead atoms. The third-order valence-electron chi connectivity index (χ3n) is 3.52. The standard InChI is InChI=1S/C14H19NO5S/c1-14(2)12(15-21(18,19)8-7-13(16)17)9-10-5-3-4-6-11(10)20-14/h3-6,12,15H,7-9H2,1-2H3,(H,16,17). The average molecular weight is 313 g/mol. The number of benzene rings is 1. The Morgan fingerprint density at radius 3 is 2.76 bits per heavy atom. The highest BCUT2D eigenvalue weighted by molar-refractivity contribution is 7.89. The second kappa shape index (κ2) is 5.65. The van der Waals surface area contributed by atoms with E-state index < -0.39 is 39.8 Å². The van der Waals surface area contributed by atoms with E-state index >= 15 is 0 Å². The number of carbonyl (C=O) groups is 1. The van der Waals surface area contributed by atoms with Crippen LogP contribution in [-0.4, -0.2) is 36.9 Å². The molecule has 1 heterocycles. The van der Waals surface area contributed by atoms with E-state index in [1.165, 1.54) is 0 Å². The van der Waals surface area contributed by atoms with E-state index in [0.717, 1.165) is 11.3 Å². The lowest BCUT2D eigenvalue weighted by Gasteiger charge is -2.40. The number of fused-ring (bicyclic) bond motifs is 1. The summed E-state index contributed by atoms with van der Waals surface area (Å²) in [6.07, 6.45) is 0.0927. The summed E-state index contributed by atoms with van der Waals surface area (Å²) >= 11 is 0. The molecule has 0 aliphatic carbocycles. The van der Waals surface area contributed by atoms with Crippen LogP contribution in [0.15, 0.2) is 24.3 Å². The van der Waals surface area contributed by atoms with E-state index in [0.29, 0.717) is 6.42 Å². The summed E-state index contributed by atoms with van der Waals surface area (Å²) in [6, 6.07) is 7.05. The maximum absolute atomic E-state index is 12.0. The Bertz CT molecular complexity index is 639. The normalized spacial score (nSPS) is 20.4. The third kappa shape index (κ3) is 3.95. The van der Waals surface area contributed by atoms with E-state index in [4.69, 9.17) is 9.84 Å². The van der Waals surface area contributed by atoms with Crippen LogP contribution >= 0.6 is 0 Å². The summed E-state index contributed by atoms with van der Waals surface area (Å²) < 4.78 is 32.4. The summed E-state index contributed by atoms with van der Waals surface area (Å²) in [5, 5.41) is 8.60. The molecule has 2 N–H and O–H groups in total. The van der Waals surface area contributed by atoms with Crippen LogP contribution in [0.1, 0.15) is 25.8 Å². The van der Waals surface area contributed by atoms with Gasteiger partial charge in [0.15, 0.2) is 0 Å². The Hall–Kier alpha value is -1.60. The number of para-hydroxylation sites is 1. The minimum absolute atomic E-state index is 0.417. The van der Waals surface area contributed by atoms with Crippen LogP contribution in [0.25, 0.3) is 0 Å². The van der Waals surface area contributed by atoms with Crippen molar-refractivity contribution in [2.24, 2.45) is 0 Å². The fourth-order valence-corrected chi connectivity index (χ4v) is 3.64. The molecule has 116 valence electrons. The van der Waals surface area contributed by atoms with Gasteiger partial charge in [-0.05, 0) is 31.9 Å². The first-order valence-electron chi connectivity index (χ1n) is 6.68. The average Bonchev–Trinajstić information content (AvgIpc) is 2.37. The van der Waals surface area contributed by atoms with Crippen LogP contribution in [0.5, 0.6) is 5.75 Å². The number of hydrogen-bond acceptors (Lipinski definition) is 4. The molecule has 0 fully saturated rings. The molecule has 7 heteroatoms. The number of nitrogens with one attached hydrogen (secondary N) is 1. The monoisotopic (exact) mass is 313 g/mol. The van der Waals surface area contributed by atoms with E-state index in [2.05, 4.69) is 4.72 Å². The highest BCUT2D eigenvalue weighted by Crippen LogP contribution is 2.33. The molecular formula is C14H19NO5S. The zero-order chi connectivity index (χ0) is 15.7. The molecule has 0 spiro atoms. The Kier molecular flexibility index (Phi) is 4.25. The second-order valence-corrected chi connectivity index (χ2v) is 7.52. The lowest BCUT2D eigenvalue weighted by atomic mass is 9.89. The van der Waals surface area contributed by atoms with Gasteiger partial charge in [-0.2, -0.15) is 0 Å². The maximum atomic E-state index is 12.0. The van der Waals surface area contributed by atoms with Gasteiger partial charge in [-0.3, -0.25) is 4.79 Å². The van der Waals surface area contributed by atoms with Crippen molar-refractivity contribution in [3.05, 3.63) is 29.8 Å². The Balaban J connectivity index is 2.15. The zero-order valence-corrected chi connectivity index (χ0v) is 12.8. The van der Waals surface area contributed by atoms with Gasteiger partial charge in [0.25, 0.3) is 0 Å². The van der Waals surface area contributed by atoms with E-state index in [-0.39, 0.29) is 0 Å². The molecule has 0 saturated heterocycles. The minimum atomic E-state index is -3.66. The SMILES string of the molecule is CC1(C)Oc2ccccc2CC1NS(=O)(=O)CCC(=O)O. The van der Waals surface area contributed by atoms with Crippen molar-refractivity contribution >= 4 is 16.0 Å². The Labute approximate surface area is 124 Å². The van der Waals surface area contributed by atoms with Crippen molar-refractivity contribution in [1.82, 2.24) is 4.72 Å². The highest BCUT2D eigenvalue weighted by Gasteiger charge is 2.39. The molecule has 0 aromatic heterocycles. The predicted molar refractivity (Wildman–Crippen MR) is 77.8 cm³/mol. The van der Waals surface area contributed by atoms with Crippen LogP contribution < -0.4 is 9.46 Å². The van der Waals surface area contributed by atoms with Gasteiger partial charge in [-0.1, -0.05) is 18.2 Å². The maximum Gasteiger partial charge on any atom is 0.304 e. The van der Waals surface area contributed by atoms with Crippen molar-refractivity contribution in [3.63, 3.8) is 0 Å². The van der Waals surface area contributed by atoms with Gasteiger partial charge < -0.3 is 9.84 Å². The lowest BCUT2D eigenvalue weighted by Crippen LogP contribution is -2.56. The second-order valence-electron chi connectivity index (χ2n) is 5.65. The zero-order valence-electron chi connectivity index (χ0n) is 12.0. The molecule has 1 atom stereocenters. The predicted octanol–water partition coefficient (Wildman–Crippen LogP) is 1.16. The molecule has 0 amide bonds. The summed E-state index contributed by atoms with van der Waals surface area (Å²) in [7, 11) is -3.66. The molecule has 0 saturated carbocycles. The van der Waals surface area contributed by atoms with Gasteiger partial charge in [0.2, 0.25) is 10.0 Å². The number of rotatable bonds is 5. The van der Waals surface area contributed by atoms with Crippen molar-refractivity contribution < 1.29 is 23.1 Å². The summed E-state index contributed by atoms with van der Waals surface area (Å²) in [6.45, 7) is 3.63. The van der Waals surface area contributed by atoms with Crippen molar-refractivity contribution in [2.75, 3.05) is 5.75 Å². The van der Waals surface area contributed by atoms with E-state index in [1.807, 2.05) is 38.1 Å². The molecule has 1 aliphatic rings. The smallest absolute Gasteiger partial charge is 0.304 e. The molecule has 0 radical (unpaired) electrons. The first kappa shape index (κ1) is 15.8. The molecule has 6 nitrogen and oxygen atoms in total. The molecule has 1 unspecified atom stereocenters. The lowest BCUT2D eigenvalue weighted by molar-refractivity contribution is -0.136. The van der Waals surface area contributed by atoms with Crippen LogP contribution in [0.2, 0.25) is 0 Å². The number of hydrogen-bond donors (Lipinski definition) is 2. The van der Waals surface area contributed by atoms with Gasteiger partial charge in [0, 0.05) is 0 Å². The van der Waals surface area contributed by atoms with E-state index in [1.54, 1.807) is 0 Å². The quantitative estimate of drug-likeness (QED) is 0.851. The summed E-state index contributed by atoms with van der Waals surface area (Å²) in [5.74, 6) is -0.815. The van der Waals surface area contributed by atoms with Crippen LogP contribution in [-0.2, 0) is 21.2 Å². The van der Waals surface area contributed by atoms with Gasteiger partial charge >= 0.3 is 5.97 Å². The van der Waals surface area contributed by atoms with Crippen LogP contribution in [0, 0.1) is 0 Å². The van der Waals surface area contributed by atoms with Crippen LogP contribution in [0.4, 0.5) is 0 Å². The van der Waals surface area contributed by atoms with Gasteiger partial charge in [0.05, 0.1) is 18.2 Å². The number of sulfonamides is 1. The largest absolute Gasteiger partial charge is 0.486 e. The summed E-state index contributed by atoms with van der Waals surface area (Å²) in [4.78, 5) is 10.5. The Morgan fingerprint density at radius 1 is 1.43 bits per heavy atom. The van der Waals surface area contributed by atoms with Gasteiger partial charge in [0.1, 0.15) is 11.4 Å². The highest BCUT2D eigenvalue weighted by atomic mass is 32.2. The van der Waals surface area contributed by atoms with Gasteiger partial charge in [-0.25, -0.2) is 13.1 Å². The molecule has 1 aliphatic heterocycles. The van der Waals surface area contributed by atoms with E-state index in [9.17, 15) is 13.2 Å². The molecule has 2 rings (SSSR count). The Morgan fingerprint density at radius 2 is 2.10 bits per heavy atom. The number of carboxylic acids is 1. The molecular weight excluding hydrogens is 294 g/mol. The van der Waals surface area contributed by atoms with Crippen molar-refractivity contribution in [1.29, 1.82) is 0 Å². The van der Waals surface area contributed by atoms with Crippen molar-refractivity contribution in [3.8, 4) is 5.75 Å². The van der Waals surface area contributed by atoms with Crippen LogP contribution in [0.3, 0.4) is 0 Å². The number of ether oxygens (including phenoxy) is 1. The molecule has 1 aromatic rings. The summed E-state index contributed by atoms with van der Waals surface area (Å²) in [5.41, 5.74) is 0.229. The molecule has 1 aromatic carbocycles. The molecule has 21 heavy (non-hydrogen) atoms. The third-order valence-corrected chi connectivity index (χ3v) is 4.90. The topological polar surface area (TPSA) is 92.7 Å². The first-order chi connectivity index (χ1) is 9.70.